The number of carbonyl (C=O) groups excluding carboxylic acids is 2. The van der Waals surface area contributed by atoms with Gasteiger partial charge in [0.15, 0.2) is 5.57 Å². The van der Waals surface area contributed by atoms with Gasteiger partial charge in [-0.25, -0.2) is 9.59 Å². The van der Waals surface area contributed by atoms with Crippen LogP contribution in [0.15, 0.2) is 10.6 Å². The van der Waals surface area contributed by atoms with Crippen molar-refractivity contribution in [2.24, 2.45) is 0 Å². The number of hydrogen-bond donors (Lipinski definition) is 1. The lowest BCUT2D eigenvalue weighted by atomic mass is 10.1. The highest BCUT2D eigenvalue weighted by Gasteiger charge is 2.29. The van der Waals surface area contributed by atoms with E-state index in [0.717, 1.165) is 12.8 Å². The minimum Gasteiger partial charge on any atom is -0.456 e. The quantitative estimate of drug-likeness (QED) is 0.441. The van der Waals surface area contributed by atoms with Gasteiger partial charge in [-0.1, -0.05) is 0 Å². The van der Waals surface area contributed by atoms with Crippen molar-refractivity contribution in [2.45, 2.75) is 71.6 Å². The number of alkyl carbamates (subject to hydrolysis) is 1. The van der Waals surface area contributed by atoms with E-state index in [1.54, 1.807) is 20.8 Å². The molecule has 1 atom stereocenters. The highest BCUT2D eigenvalue weighted by Crippen LogP contribution is 2.27. The maximum Gasteiger partial charge on any atom is 0.407 e. The molecule has 0 aromatic rings. The Kier molecular flexibility index (Phi) is 8.03. The van der Waals surface area contributed by atoms with Gasteiger partial charge in [0.1, 0.15) is 17.3 Å². The molecular formula is C19H31N3O4S. The molecule has 152 valence electrons. The molecule has 0 aromatic heterocycles. The molecule has 27 heavy (non-hydrogen) atoms. The van der Waals surface area contributed by atoms with Crippen LogP contribution in [0.5, 0.6) is 0 Å². The number of rotatable bonds is 4. The van der Waals surface area contributed by atoms with Gasteiger partial charge in [0.05, 0.1) is 5.03 Å². The van der Waals surface area contributed by atoms with Crippen molar-refractivity contribution in [3.8, 4) is 6.07 Å². The fourth-order valence-electron chi connectivity index (χ4n) is 2.65. The zero-order chi connectivity index (χ0) is 20.8. The molecule has 0 radical (unpaired) electrons. The number of nitrogens with one attached hydrogen (secondary N) is 1. The Hall–Kier alpha value is -1.88. The molecule has 1 aliphatic heterocycles. The highest BCUT2D eigenvalue weighted by molar-refractivity contribution is 8.02. The van der Waals surface area contributed by atoms with Crippen LogP contribution in [0.3, 0.4) is 0 Å². The second kappa shape index (κ2) is 9.36. The van der Waals surface area contributed by atoms with Crippen LogP contribution in [-0.2, 0) is 14.3 Å². The van der Waals surface area contributed by atoms with Gasteiger partial charge in [0.25, 0.3) is 0 Å². The summed E-state index contributed by atoms with van der Waals surface area (Å²) < 4.78 is 10.7. The number of ether oxygens (including phenoxy) is 2. The predicted octanol–water partition coefficient (Wildman–Crippen LogP) is 3.42. The topological polar surface area (TPSA) is 91.7 Å². The molecule has 0 aliphatic carbocycles. The first kappa shape index (κ1) is 23.2. The lowest BCUT2D eigenvalue weighted by molar-refractivity contribution is -0.149. The van der Waals surface area contributed by atoms with Crippen molar-refractivity contribution in [2.75, 3.05) is 19.3 Å². The molecule has 0 unspecified atom stereocenters. The van der Waals surface area contributed by atoms with Gasteiger partial charge in [-0.3, -0.25) is 0 Å². The maximum atomic E-state index is 12.4. The van der Waals surface area contributed by atoms with Gasteiger partial charge in [0.2, 0.25) is 0 Å². The number of amides is 1. The number of nitriles is 1. The van der Waals surface area contributed by atoms with Crippen LogP contribution in [0.25, 0.3) is 0 Å². The third kappa shape index (κ3) is 8.12. The average Bonchev–Trinajstić information content (AvgIpc) is 2.48. The van der Waals surface area contributed by atoms with Crippen LogP contribution in [0.4, 0.5) is 4.79 Å². The van der Waals surface area contributed by atoms with Crippen LogP contribution in [-0.4, -0.2) is 53.6 Å². The molecule has 8 heteroatoms. The normalized spacial score (nSPS) is 18.9. The summed E-state index contributed by atoms with van der Waals surface area (Å²) in [6.07, 6.45) is 3.00. The Bertz CT molecular complexity index is 626. The summed E-state index contributed by atoms with van der Waals surface area (Å²) in [7, 11) is 0. The molecule has 7 nitrogen and oxygen atoms in total. The maximum absolute atomic E-state index is 12.4. The Balaban J connectivity index is 2.92. The molecule has 1 heterocycles. The van der Waals surface area contributed by atoms with Crippen molar-refractivity contribution >= 4 is 23.8 Å². The number of likely N-dealkylation sites (tertiary alicyclic amines) is 1. The molecule has 1 amide bonds. The number of thioether (sulfide) groups is 1. The fraction of sp³-hybridized carbons (Fsp3) is 0.737. The number of nitrogens with zero attached hydrogens (tertiary/aromatic N) is 2. The van der Waals surface area contributed by atoms with Gasteiger partial charge in [-0.05, 0) is 60.6 Å². The predicted molar refractivity (Wildman–Crippen MR) is 106 cm³/mol. The fourth-order valence-corrected chi connectivity index (χ4v) is 3.41. The van der Waals surface area contributed by atoms with Crippen molar-refractivity contribution in [3.05, 3.63) is 10.6 Å². The van der Waals surface area contributed by atoms with Crippen molar-refractivity contribution in [1.82, 2.24) is 10.2 Å². The van der Waals surface area contributed by atoms with E-state index in [4.69, 9.17) is 9.47 Å². The SMILES string of the molecule is CS/C(=C(\C#N)C(=O)OC(C)(C)C)N1CCC[C@@H](NC(=O)OC(C)(C)C)C1. The first-order valence-corrected chi connectivity index (χ1v) is 10.2. The molecule has 1 fully saturated rings. The zero-order valence-corrected chi connectivity index (χ0v) is 18.2. The van der Waals surface area contributed by atoms with E-state index in [9.17, 15) is 14.9 Å². The summed E-state index contributed by atoms with van der Waals surface area (Å²) in [5, 5.41) is 13.0. The van der Waals surface area contributed by atoms with Crippen LogP contribution in [0, 0.1) is 11.3 Å². The molecule has 0 spiro atoms. The Morgan fingerprint density at radius 1 is 1.15 bits per heavy atom. The lowest BCUT2D eigenvalue weighted by Crippen LogP contribution is -2.48. The number of piperidine rings is 1. The molecule has 1 aliphatic rings. The summed E-state index contributed by atoms with van der Waals surface area (Å²) in [6.45, 7) is 11.9. The molecule has 1 N–H and O–H groups in total. The summed E-state index contributed by atoms with van der Waals surface area (Å²) in [6, 6.07) is 1.87. The Labute approximate surface area is 166 Å². The van der Waals surface area contributed by atoms with E-state index < -0.39 is 23.3 Å². The number of carbonyl (C=O) groups is 2. The minimum absolute atomic E-state index is 0.00431. The van der Waals surface area contributed by atoms with Gasteiger partial charge in [-0.2, -0.15) is 5.26 Å². The second-order valence-corrected chi connectivity index (χ2v) is 9.22. The summed E-state index contributed by atoms with van der Waals surface area (Å²) >= 11 is 1.33. The lowest BCUT2D eigenvalue weighted by Gasteiger charge is -2.36. The Morgan fingerprint density at radius 3 is 2.22 bits per heavy atom. The van der Waals surface area contributed by atoms with E-state index in [0.29, 0.717) is 18.1 Å². The molecular weight excluding hydrogens is 366 g/mol. The molecule has 0 saturated carbocycles. The zero-order valence-electron chi connectivity index (χ0n) is 17.3. The van der Waals surface area contributed by atoms with E-state index in [1.165, 1.54) is 11.8 Å². The van der Waals surface area contributed by atoms with Gasteiger partial charge >= 0.3 is 12.1 Å². The van der Waals surface area contributed by atoms with Gasteiger partial charge in [-0.15, -0.1) is 11.8 Å². The monoisotopic (exact) mass is 397 g/mol. The van der Waals surface area contributed by atoms with E-state index >= 15 is 0 Å². The number of hydrogen-bond acceptors (Lipinski definition) is 7. The minimum atomic E-state index is -0.675. The highest BCUT2D eigenvalue weighted by atomic mass is 32.2. The van der Waals surface area contributed by atoms with Crippen molar-refractivity contribution in [3.63, 3.8) is 0 Å². The molecule has 0 aromatic carbocycles. The third-order valence-corrected chi connectivity index (χ3v) is 4.40. The number of esters is 1. The third-order valence-electron chi connectivity index (χ3n) is 3.55. The van der Waals surface area contributed by atoms with Gasteiger partial charge < -0.3 is 19.7 Å². The van der Waals surface area contributed by atoms with Crippen molar-refractivity contribution in [1.29, 1.82) is 5.26 Å². The van der Waals surface area contributed by atoms with Crippen LogP contribution in [0.2, 0.25) is 0 Å². The van der Waals surface area contributed by atoms with E-state index in [-0.39, 0.29) is 11.6 Å². The van der Waals surface area contributed by atoms with E-state index in [1.807, 2.05) is 38.0 Å². The van der Waals surface area contributed by atoms with Crippen molar-refractivity contribution < 1.29 is 19.1 Å². The molecule has 1 saturated heterocycles. The smallest absolute Gasteiger partial charge is 0.407 e. The summed E-state index contributed by atoms with van der Waals surface area (Å²) in [4.78, 5) is 26.4. The second-order valence-electron chi connectivity index (χ2n) is 8.43. The summed E-state index contributed by atoms with van der Waals surface area (Å²) in [5.74, 6) is -0.628. The molecule has 1 rings (SSSR count). The first-order chi connectivity index (χ1) is 12.4. The van der Waals surface area contributed by atoms with E-state index in [2.05, 4.69) is 5.32 Å². The molecule has 0 bridgehead atoms. The Morgan fingerprint density at radius 2 is 1.74 bits per heavy atom. The van der Waals surface area contributed by atoms with Gasteiger partial charge in [0, 0.05) is 19.1 Å². The first-order valence-electron chi connectivity index (χ1n) is 9.02. The van der Waals surface area contributed by atoms with Crippen LogP contribution < -0.4 is 5.32 Å². The summed E-state index contributed by atoms with van der Waals surface area (Å²) in [5.41, 5.74) is -1.24. The van der Waals surface area contributed by atoms with Crippen LogP contribution in [0.1, 0.15) is 54.4 Å². The van der Waals surface area contributed by atoms with Crippen LogP contribution >= 0.6 is 11.8 Å². The average molecular weight is 398 g/mol. The largest absolute Gasteiger partial charge is 0.456 e. The standard InChI is InChI=1S/C19H31N3O4S/c1-18(2,3)25-16(23)14(11-20)15(27-7)22-10-8-9-13(12-22)21-17(24)26-19(4,5)6/h13H,8-10,12H2,1-7H3,(H,21,24)/b15-14+/t13-/m1/s1.